The smallest absolute Gasteiger partial charge is 0.263 e. The Morgan fingerprint density at radius 1 is 0.938 bits per heavy atom. The SMILES string of the molecule is O=C1c2c(I)c(c(I)c(N(CCO)C(=O)CNCC(O)CO)c2I)C(=O)N1CC(O)CO. The Morgan fingerprint density at radius 2 is 1.47 bits per heavy atom. The van der Waals surface area contributed by atoms with Crippen LogP contribution in [0, 0.1) is 10.7 Å². The fourth-order valence-electron chi connectivity index (χ4n) is 3.03. The predicted molar refractivity (Wildman–Crippen MR) is 138 cm³/mol. The van der Waals surface area contributed by atoms with Gasteiger partial charge < -0.3 is 35.7 Å². The van der Waals surface area contributed by atoms with Gasteiger partial charge in [0.05, 0.1) is 69.1 Å². The topological polar surface area (TPSA) is 171 Å². The molecule has 6 N–H and O–H groups in total. The van der Waals surface area contributed by atoms with E-state index in [-0.39, 0.29) is 43.9 Å². The normalized spacial score (nSPS) is 15.2. The Kier molecular flexibility index (Phi) is 10.9. The molecule has 1 aromatic carbocycles. The van der Waals surface area contributed by atoms with Crippen molar-refractivity contribution >= 4 is 91.2 Å². The van der Waals surface area contributed by atoms with Gasteiger partial charge in [0.1, 0.15) is 0 Å². The van der Waals surface area contributed by atoms with Crippen LogP contribution in [0.4, 0.5) is 5.69 Å². The molecule has 1 aromatic rings. The molecule has 1 aliphatic heterocycles. The number of hydrogen-bond donors (Lipinski definition) is 6. The zero-order chi connectivity index (χ0) is 24.2. The number of imide groups is 1. The van der Waals surface area contributed by atoms with Crippen molar-refractivity contribution in [2.24, 2.45) is 0 Å². The summed E-state index contributed by atoms with van der Waals surface area (Å²) in [5.41, 5.74) is 0.700. The van der Waals surface area contributed by atoms with E-state index in [9.17, 15) is 29.7 Å². The second-order valence-electron chi connectivity index (χ2n) is 6.83. The fourth-order valence-corrected chi connectivity index (χ4v) is 7.70. The molecule has 2 rings (SSSR count). The highest BCUT2D eigenvalue weighted by atomic mass is 127. The number of nitrogens with one attached hydrogen (secondary N) is 1. The average Bonchev–Trinajstić information content (AvgIpc) is 2.75. The van der Waals surface area contributed by atoms with E-state index in [1.165, 1.54) is 4.90 Å². The second-order valence-corrected chi connectivity index (χ2v) is 10.1. The largest absolute Gasteiger partial charge is 0.395 e. The monoisotopic (exact) mass is 789 g/mol. The lowest BCUT2D eigenvalue weighted by atomic mass is 10.0. The number of benzene rings is 1. The van der Waals surface area contributed by atoms with Crippen LogP contribution in [0.25, 0.3) is 0 Å². The van der Waals surface area contributed by atoms with E-state index in [1.54, 1.807) is 0 Å². The predicted octanol–water partition coefficient (Wildman–Crippen LogP) is -1.28. The van der Waals surface area contributed by atoms with Gasteiger partial charge in [-0.15, -0.1) is 0 Å². The molecule has 0 radical (unpaired) electrons. The van der Waals surface area contributed by atoms with E-state index in [2.05, 4.69) is 5.32 Å². The molecule has 0 spiro atoms. The van der Waals surface area contributed by atoms with Crippen LogP contribution in [0.15, 0.2) is 0 Å². The molecule has 0 saturated heterocycles. The maximum absolute atomic E-state index is 13.1. The Morgan fingerprint density at radius 3 is 1.94 bits per heavy atom. The van der Waals surface area contributed by atoms with E-state index < -0.39 is 43.1 Å². The first kappa shape index (κ1) is 28.0. The maximum atomic E-state index is 13.1. The summed E-state index contributed by atoms with van der Waals surface area (Å²) in [5, 5.41) is 49.4. The van der Waals surface area contributed by atoms with Crippen LogP contribution in [0.3, 0.4) is 0 Å². The highest BCUT2D eigenvalue weighted by molar-refractivity contribution is 14.1. The number of fused-ring (bicyclic) bond motifs is 2. The highest BCUT2D eigenvalue weighted by Crippen LogP contribution is 2.41. The second kappa shape index (κ2) is 12.5. The lowest BCUT2D eigenvalue weighted by Crippen LogP contribution is -2.48. The number of β-amino-alcohol motifs (C(OH)–C–C–N with tert-alkyl or cyclic N) is 1. The van der Waals surface area contributed by atoms with Gasteiger partial charge in [0.25, 0.3) is 11.8 Å². The first-order valence-electron chi connectivity index (χ1n) is 9.36. The number of nitrogens with zero attached hydrogens (tertiary/aromatic N) is 2. The standard InChI is InChI=1S/C18H22I3N3O8/c19-13-11-14(20)16(23(1-2-25)10(30)4-22-3-8(28)6-26)15(21)12(13)18(32)24(17(11)31)5-9(29)7-27/h8-9,22,25-29H,1-7H2. The molecular formula is C18H22I3N3O8. The van der Waals surface area contributed by atoms with Gasteiger partial charge >= 0.3 is 0 Å². The number of anilines is 1. The van der Waals surface area contributed by atoms with Gasteiger partial charge in [0, 0.05) is 16.7 Å². The van der Waals surface area contributed by atoms with Crippen LogP contribution in [0.2, 0.25) is 0 Å². The van der Waals surface area contributed by atoms with Gasteiger partial charge in [-0.3, -0.25) is 19.3 Å². The number of aliphatic hydroxyl groups excluding tert-OH is 5. The van der Waals surface area contributed by atoms with E-state index >= 15 is 0 Å². The minimum Gasteiger partial charge on any atom is -0.395 e. The summed E-state index contributed by atoms with van der Waals surface area (Å²) in [6.45, 7) is -2.15. The Balaban J connectivity index is 2.49. The molecule has 1 aliphatic rings. The molecule has 14 heteroatoms. The third-order valence-corrected chi connectivity index (χ3v) is 7.76. The lowest BCUT2D eigenvalue weighted by Gasteiger charge is -2.33. The van der Waals surface area contributed by atoms with Crippen LogP contribution in [0.1, 0.15) is 20.7 Å². The van der Waals surface area contributed by atoms with Gasteiger partial charge in [-0.05, 0) is 67.8 Å². The molecule has 178 valence electrons. The quantitative estimate of drug-likeness (QED) is 0.118. The first-order chi connectivity index (χ1) is 15.1. The molecule has 1 heterocycles. The molecule has 2 bridgehead atoms. The maximum Gasteiger partial charge on any atom is 0.263 e. The molecule has 2 unspecified atom stereocenters. The summed E-state index contributed by atoms with van der Waals surface area (Å²) >= 11 is 5.72. The molecule has 0 aromatic heterocycles. The van der Waals surface area contributed by atoms with Crippen LogP contribution in [-0.4, -0.2) is 106 Å². The van der Waals surface area contributed by atoms with E-state index in [1.807, 2.05) is 67.8 Å². The van der Waals surface area contributed by atoms with Crippen LogP contribution in [-0.2, 0) is 4.79 Å². The molecule has 0 saturated carbocycles. The van der Waals surface area contributed by atoms with Crippen LogP contribution in [0.5, 0.6) is 0 Å². The molecule has 3 amide bonds. The average molecular weight is 789 g/mol. The fraction of sp³-hybridized carbons (Fsp3) is 0.500. The minimum atomic E-state index is -1.29. The van der Waals surface area contributed by atoms with Gasteiger partial charge in [-0.2, -0.15) is 0 Å². The molecule has 32 heavy (non-hydrogen) atoms. The minimum absolute atomic E-state index is 0.0221. The number of rotatable bonds is 11. The van der Waals surface area contributed by atoms with Gasteiger partial charge in [-0.1, -0.05) is 0 Å². The van der Waals surface area contributed by atoms with Crippen molar-refractivity contribution in [3.8, 4) is 0 Å². The highest BCUT2D eigenvalue weighted by Gasteiger charge is 2.41. The van der Waals surface area contributed by atoms with Gasteiger partial charge in [-0.25, -0.2) is 0 Å². The Hall–Kier alpha value is -0.220. The zero-order valence-electron chi connectivity index (χ0n) is 16.6. The summed E-state index contributed by atoms with van der Waals surface area (Å²) in [6, 6.07) is 0. The number of halogens is 3. The lowest BCUT2D eigenvalue weighted by molar-refractivity contribution is -0.118. The summed E-state index contributed by atoms with van der Waals surface area (Å²) in [4.78, 5) is 41.2. The summed E-state index contributed by atoms with van der Waals surface area (Å²) in [6.07, 6.45) is -2.32. The number of carbonyl (C=O) groups excluding carboxylic acids is 3. The number of hydrogen-bond acceptors (Lipinski definition) is 9. The number of aliphatic hydroxyl groups is 5. The van der Waals surface area contributed by atoms with E-state index in [0.717, 1.165) is 4.90 Å². The van der Waals surface area contributed by atoms with Crippen molar-refractivity contribution in [3.05, 3.63) is 21.8 Å². The van der Waals surface area contributed by atoms with Crippen molar-refractivity contribution in [1.82, 2.24) is 10.2 Å². The Bertz CT molecular complexity index is 858. The summed E-state index contributed by atoms with van der Waals surface area (Å²) < 4.78 is 1.22. The first-order valence-corrected chi connectivity index (χ1v) is 12.6. The Labute approximate surface area is 224 Å². The zero-order valence-corrected chi connectivity index (χ0v) is 23.1. The van der Waals surface area contributed by atoms with Gasteiger partial charge in [0.15, 0.2) is 0 Å². The third-order valence-electron chi connectivity index (χ3n) is 4.58. The number of carbonyl (C=O) groups is 3. The van der Waals surface area contributed by atoms with Crippen molar-refractivity contribution in [2.45, 2.75) is 12.2 Å². The van der Waals surface area contributed by atoms with E-state index in [0.29, 0.717) is 16.4 Å². The van der Waals surface area contributed by atoms with Crippen LogP contribution < -0.4 is 10.2 Å². The number of amides is 3. The van der Waals surface area contributed by atoms with Gasteiger partial charge in [0.2, 0.25) is 5.91 Å². The van der Waals surface area contributed by atoms with Crippen molar-refractivity contribution < 1.29 is 39.9 Å². The van der Waals surface area contributed by atoms with E-state index in [4.69, 9.17) is 10.2 Å². The molecule has 2 atom stereocenters. The molecule has 0 fully saturated rings. The summed E-state index contributed by atoms with van der Waals surface area (Å²) in [5.74, 6) is -1.77. The molecule has 11 nitrogen and oxygen atoms in total. The van der Waals surface area contributed by atoms with Crippen molar-refractivity contribution in [2.75, 3.05) is 50.9 Å². The summed E-state index contributed by atoms with van der Waals surface area (Å²) in [7, 11) is 0. The van der Waals surface area contributed by atoms with Crippen molar-refractivity contribution in [3.63, 3.8) is 0 Å². The van der Waals surface area contributed by atoms with Crippen molar-refractivity contribution in [1.29, 1.82) is 0 Å². The molecule has 0 aliphatic carbocycles. The molecular weight excluding hydrogens is 767 g/mol. The third kappa shape index (κ3) is 5.88. The van der Waals surface area contributed by atoms with Crippen LogP contribution >= 0.6 is 67.8 Å².